The monoisotopic (exact) mass is 256 g/mol. The molecule has 0 heterocycles. The zero-order valence-electron chi connectivity index (χ0n) is 9.96. The van der Waals surface area contributed by atoms with E-state index in [4.69, 9.17) is 11.6 Å². The van der Waals surface area contributed by atoms with E-state index in [1.807, 2.05) is 6.92 Å². The van der Waals surface area contributed by atoms with Crippen molar-refractivity contribution in [3.63, 3.8) is 0 Å². The number of urea groups is 1. The molecule has 1 rings (SSSR count). The van der Waals surface area contributed by atoms with Crippen LogP contribution >= 0.6 is 11.6 Å². The summed E-state index contributed by atoms with van der Waals surface area (Å²) in [7, 11) is 0. The van der Waals surface area contributed by atoms with Crippen molar-refractivity contribution in [2.24, 2.45) is 0 Å². The van der Waals surface area contributed by atoms with Crippen LogP contribution in [0.2, 0.25) is 5.02 Å². The number of hydrogen-bond acceptors (Lipinski definition) is 2. The molecule has 0 fully saturated rings. The zero-order chi connectivity index (χ0) is 12.9. The number of rotatable bonds is 4. The molecule has 1 aromatic rings. The van der Waals surface area contributed by atoms with Crippen LogP contribution in [0, 0.1) is 0 Å². The molecule has 4 nitrogen and oxygen atoms in total. The number of anilines is 1. The van der Waals surface area contributed by atoms with Crippen LogP contribution < -0.4 is 10.6 Å². The number of aliphatic hydroxyl groups excluding tert-OH is 1. The minimum Gasteiger partial charge on any atom is -0.394 e. The second-order valence-electron chi connectivity index (χ2n) is 4.16. The van der Waals surface area contributed by atoms with Crippen LogP contribution in [0.25, 0.3) is 0 Å². The highest BCUT2D eigenvalue weighted by Gasteiger charge is 2.22. The third kappa shape index (κ3) is 4.24. The Morgan fingerprint density at radius 2 is 2.24 bits per heavy atom. The third-order valence-corrected chi connectivity index (χ3v) is 2.86. The molecule has 17 heavy (non-hydrogen) atoms. The first-order valence-electron chi connectivity index (χ1n) is 5.44. The summed E-state index contributed by atoms with van der Waals surface area (Å²) in [5.41, 5.74) is 0.00856. The van der Waals surface area contributed by atoms with Crippen molar-refractivity contribution in [1.82, 2.24) is 5.32 Å². The van der Waals surface area contributed by atoms with Gasteiger partial charge in [0.25, 0.3) is 0 Å². The molecule has 0 radical (unpaired) electrons. The van der Waals surface area contributed by atoms with Gasteiger partial charge in [0.1, 0.15) is 0 Å². The lowest BCUT2D eigenvalue weighted by molar-refractivity contribution is 0.172. The number of aliphatic hydroxyl groups is 1. The van der Waals surface area contributed by atoms with E-state index in [1.54, 1.807) is 31.2 Å². The molecule has 0 aliphatic heterocycles. The number of benzene rings is 1. The summed E-state index contributed by atoms with van der Waals surface area (Å²) in [6, 6.07) is 6.53. The number of amides is 2. The predicted molar refractivity (Wildman–Crippen MR) is 69.4 cm³/mol. The Morgan fingerprint density at radius 1 is 1.53 bits per heavy atom. The molecule has 2 amide bonds. The van der Waals surface area contributed by atoms with Crippen LogP contribution in [-0.4, -0.2) is 23.3 Å². The van der Waals surface area contributed by atoms with E-state index in [2.05, 4.69) is 10.6 Å². The standard InChI is InChI=1S/C12H17ClN2O2/c1-3-12(2,8-16)15-11(17)14-10-6-4-5-9(13)7-10/h4-7,16H,3,8H2,1-2H3,(H2,14,15,17). The van der Waals surface area contributed by atoms with E-state index in [0.717, 1.165) is 0 Å². The van der Waals surface area contributed by atoms with Crippen molar-refractivity contribution in [2.45, 2.75) is 25.8 Å². The number of halogens is 1. The summed E-state index contributed by atoms with van der Waals surface area (Å²) in [4.78, 5) is 11.7. The molecule has 0 bridgehead atoms. The first-order chi connectivity index (χ1) is 7.99. The fourth-order valence-electron chi connectivity index (χ4n) is 1.24. The molecule has 0 aliphatic carbocycles. The SMILES string of the molecule is CCC(C)(CO)NC(=O)Nc1cccc(Cl)c1. The molecule has 0 saturated heterocycles. The van der Waals surface area contributed by atoms with E-state index >= 15 is 0 Å². The summed E-state index contributed by atoms with van der Waals surface area (Å²) in [6.45, 7) is 3.58. The topological polar surface area (TPSA) is 61.4 Å². The molecule has 0 aromatic heterocycles. The van der Waals surface area contributed by atoms with Crippen molar-refractivity contribution in [1.29, 1.82) is 0 Å². The van der Waals surface area contributed by atoms with Gasteiger partial charge in [-0.25, -0.2) is 4.79 Å². The highest BCUT2D eigenvalue weighted by molar-refractivity contribution is 6.30. The molecule has 1 atom stereocenters. The maximum Gasteiger partial charge on any atom is 0.319 e. The Labute approximate surface area is 106 Å². The average molecular weight is 257 g/mol. The second-order valence-corrected chi connectivity index (χ2v) is 4.60. The van der Waals surface area contributed by atoms with Gasteiger partial charge in [0.15, 0.2) is 0 Å². The fraction of sp³-hybridized carbons (Fsp3) is 0.417. The van der Waals surface area contributed by atoms with Gasteiger partial charge >= 0.3 is 6.03 Å². The maximum absolute atomic E-state index is 11.7. The Kier molecular flexibility index (Phi) is 4.78. The smallest absolute Gasteiger partial charge is 0.319 e. The molecule has 3 N–H and O–H groups in total. The normalized spacial score (nSPS) is 13.9. The van der Waals surface area contributed by atoms with E-state index in [0.29, 0.717) is 17.1 Å². The van der Waals surface area contributed by atoms with Gasteiger partial charge < -0.3 is 15.7 Å². The van der Waals surface area contributed by atoms with Gasteiger partial charge in [-0.1, -0.05) is 24.6 Å². The quantitative estimate of drug-likeness (QED) is 0.776. The molecular weight excluding hydrogens is 240 g/mol. The van der Waals surface area contributed by atoms with Crippen LogP contribution in [0.4, 0.5) is 10.5 Å². The summed E-state index contributed by atoms with van der Waals surface area (Å²) >= 11 is 5.80. The van der Waals surface area contributed by atoms with Gasteiger partial charge in [0.05, 0.1) is 12.1 Å². The Hall–Kier alpha value is -1.26. The van der Waals surface area contributed by atoms with Crippen LogP contribution in [0.3, 0.4) is 0 Å². The number of carbonyl (C=O) groups is 1. The van der Waals surface area contributed by atoms with Crippen molar-refractivity contribution >= 4 is 23.3 Å². The van der Waals surface area contributed by atoms with Crippen LogP contribution in [0.5, 0.6) is 0 Å². The summed E-state index contributed by atoms with van der Waals surface area (Å²) in [6.07, 6.45) is 0.645. The van der Waals surface area contributed by atoms with Gasteiger partial charge in [-0.3, -0.25) is 0 Å². The molecule has 0 saturated carbocycles. The lowest BCUT2D eigenvalue weighted by atomic mass is 10.0. The summed E-state index contributed by atoms with van der Waals surface area (Å²) in [5, 5.41) is 15.1. The molecule has 5 heteroatoms. The number of hydrogen-bond donors (Lipinski definition) is 3. The van der Waals surface area contributed by atoms with Gasteiger partial charge in [0, 0.05) is 10.7 Å². The van der Waals surface area contributed by atoms with Crippen LogP contribution in [0.15, 0.2) is 24.3 Å². The summed E-state index contributed by atoms with van der Waals surface area (Å²) < 4.78 is 0. The highest BCUT2D eigenvalue weighted by Crippen LogP contribution is 2.15. The van der Waals surface area contributed by atoms with E-state index in [-0.39, 0.29) is 12.6 Å². The van der Waals surface area contributed by atoms with Gasteiger partial charge in [-0.15, -0.1) is 0 Å². The molecule has 1 unspecified atom stereocenters. The first-order valence-corrected chi connectivity index (χ1v) is 5.82. The van der Waals surface area contributed by atoms with Gasteiger partial charge in [-0.2, -0.15) is 0 Å². The van der Waals surface area contributed by atoms with E-state index < -0.39 is 5.54 Å². The van der Waals surface area contributed by atoms with Crippen molar-refractivity contribution < 1.29 is 9.90 Å². The average Bonchev–Trinajstić information content (AvgIpc) is 2.28. The fourth-order valence-corrected chi connectivity index (χ4v) is 1.43. The second kappa shape index (κ2) is 5.89. The lowest BCUT2D eigenvalue weighted by Gasteiger charge is -2.27. The zero-order valence-corrected chi connectivity index (χ0v) is 10.7. The number of nitrogens with one attached hydrogen (secondary N) is 2. The van der Waals surface area contributed by atoms with Gasteiger partial charge in [-0.05, 0) is 31.5 Å². The lowest BCUT2D eigenvalue weighted by Crippen LogP contribution is -2.50. The van der Waals surface area contributed by atoms with E-state index in [1.165, 1.54) is 0 Å². The minimum atomic E-state index is -0.608. The Bertz CT molecular complexity index is 392. The summed E-state index contributed by atoms with van der Waals surface area (Å²) in [5.74, 6) is 0. The first kappa shape index (κ1) is 13.8. The molecule has 94 valence electrons. The largest absolute Gasteiger partial charge is 0.394 e. The number of carbonyl (C=O) groups excluding carboxylic acids is 1. The molecular formula is C12H17ClN2O2. The highest BCUT2D eigenvalue weighted by atomic mass is 35.5. The van der Waals surface area contributed by atoms with Crippen LogP contribution in [-0.2, 0) is 0 Å². The van der Waals surface area contributed by atoms with Crippen molar-refractivity contribution in [3.8, 4) is 0 Å². The predicted octanol–water partition coefficient (Wildman–Crippen LogP) is 2.62. The minimum absolute atomic E-state index is 0.105. The molecule has 0 spiro atoms. The van der Waals surface area contributed by atoms with Crippen molar-refractivity contribution in [3.05, 3.63) is 29.3 Å². The van der Waals surface area contributed by atoms with Gasteiger partial charge in [0.2, 0.25) is 0 Å². The molecule has 0 aliphatic rings. The Balaban J connectivity index is 2.61. The van der Waals surface area contributed by atoms with Crippen LogP contribution in [0.1, 0.15) is 20.3 Å². The third-order valence-electron chi connectivity index (χ3n) is 2.63. The Morgan fingerprint density at radius 3 is 2.76 bits per heavy atom. The molecule has 1 aromatic carbocycles. The van der Waals surface area contributed by atoms with E-state index in [9.17, 15) is 9.90 Å². The van der Waals surface area contributed by atoms with Crippen molar-refractivity contribution in [2.75, 3.05) is 11.9 Å². The maximum atomic E-state index is 11.7.